The molecular weight excluding hydrogens is 220 g/mol. The number of ketones is 2. The molecule has 2 N–H and O–H groups in total. The Labute approximate surface area is 98.9 Å². The monoisotopic (exact) mass is 234 g/mol. The van der Waals surface area contributed by atoms with E-state index in [1.165, 1.54) is 0 Å². The Morgan fingerprint density at radius 1 is 0.706 bits per heavy atom. The minimum Gasteiger partial charge on any atom is -0.353 e. The van der Waals surface area contributed by atoms with E-state index in [9.17, 15) is 19.8 Å². The Bertz CT molecular complexity index is 519. The lowest BCUT2D eigenvalue weighted by Crippen LogP contribution is -2.40. The van der Waals surface area contributed by atoms with Gasteiger partial charge in [-0.25, -0.2) is 0 Å². The Balaban J connectivity index is 2.94. The maximum Gasteiger partial charge on any atom is 0.295 e. The number of fused-ring (bicyclic) bond motifs is 1. The first-order chi connectivity index (χ1) is 7.71. The topological polar surface area (TPSA) is 74.6 Å². The molecule has 0 spiro atoms. The summed E-state index contributed by atoms with van der Waals surface area (Å²) in [6.07, 6.45) is 0. The Morgan fingerprint density at radius 2 is 1.00 bits per heavy atom. The van der Waals surface area contributed by atoms with Gasteiger partial charge in [-0.2, -0.15) is 0 Å². The van der Waals surface area contributed by atoms with E-state index in [0.29, 0.717) is 11.1 Å². The van der Waals surface area contributed by atoms with Crippen molar-refractivity contribution in [1.82, 2.24) is 0 Å². The minimum atomic E-state index is -2.89. The number of carbonyl (C=O) groups is 2. The lowest BCUT2D eigenvalue weighted by molar-refractivity contribution is -0.0857. The second-order valence-corrected chi connectivity index (χ2v) is 4.58. The van der Waals surface area contributed by atoms with Gasteiger partial charge in [-0.15, -0.1) is 0 Å². The number of Topliss-reactive ketones (excluding diaryl/α,β-unsaturated/α-hetero) is 2. The summed E-state index contributed by atoms with van der Waals surface area (Å²) in [4.78, 5) is 23.7. The van der Waals surface area contributed by atoms with E-state index in [-0.39, 0.29) is 11.1 Å². The van der Waals surface area contributed by atoms with Crippen LogP contribution in [-0.2, 0) is 0 Å². The molecule has 0 saturated heterocycles. The van der Waals surface area contributed by atoms with Crippen LogP contribution in [0.1, 0.15) is 43.0 Å². The predicted octanol–water partition coefficient (Wildman–Crippen LogP) is 0.980. The van der Waals surface area contributed by atoms with Gasteiger partial charge < -0.3 is 10.2 Å². The van der Waals surface area contributed by atoms with Crippen molar-refractivity contribution >= 4 is 11.6 Å². The van der Waals surface area contributed by atoms with Crippen LogP contribution in [0.3, 0.4) is 0 Å². The Hall–Kier alpha value is -1.52. The normalized spacial score (nSPS) is 17.5. The largest absolute Gasteiger partial charge is 0.353 e. The molecule has 0 heterocycles. The van der Waals surface area contributed by atoms with Crippen molar-refractivity contribution in [2.24, 2.45) is 0 Å². The third kappa shape index (κ3) is 1.25. The molecule has 1 aliphatic rings. The van der Waals surface area contributed by atoms with Crippen molar-refractivity contribution < 1.29 is 19.8 Å². The molecule has 4 heteroatoms. The summed E-state index contributed by atoms with van der Waals surface area (Å²) in [5, 5.41) is 19.1. The number of carbonyl (C=O) groups excluding carboxylic acids is 2. The van der Waals surface area contributed by atoms with Crippen LogP contribution >= 0.6 is 0 Å². The van der Waals surface area contributed by atoms with Gasteiger partial charge in [0.2, 0.25) is 11.6 Å². The lowest BCUT2D eigenvalue weighted by atomic mass is 9.90. The van der Waals surface area contributed by atoms with E-state index in [4.69, 9.17) is 0 Å². The van der Waals surface area contributed by atoms with Gasteiger partial charge in [0, 0.05) is 11.1 Å². The highest BCUT2D eigenvalue weighted by molar-refractivity contribution is 6.31. The van der Waals surface area contributed by atoms with Gasteiger partial charge in [0.15, 0.2) is 0 Å². The van der Waals surface area contributed by atoms with Crippen molar-refractivity contribution in [2.75, 3.05) is 0 Å². The third-order valence-electron chi connectivity index (χ3n) is 3.77. The highest BCUT2D eigenvalue weighted by atomic mass is 16.5. The average Bonchev–Trinajstić information content (AvgIpc) is 2.45. The van der Waals surface area contributed by atoms with Crippen LogP contribution in [0.25, 0.3) is 0 Å². The SMILES string of the molecule is Cc1c(C)c(C)c2c(c1C)C(=O)C(O)(O)C2=O. The van der Waals surface area contributed by atoms with E-state index < -0.39 is 17.4 Å². The molecule has 1 aliphatic carbocycles. The summed E-state index contributed by atoms with van der Waals surface area (Å²) in [6, 6.07) is 0. The fourth-order valence-electron chi connectivity index (χ4n) is 2.33. The first kappa shape index (κ1) is 12.0. The van der Waals surface area contributed by atoms with Crippen molar-refractivity contribution in [1.29, 1.82) is 0 Å². The van der Waals surface area contributed by atoms with E-state index in [1.54, 1.807) is 13.8 Å². The molecule has 0 atom stereocenters. The summed E-state index contributed by atoms with van der Waals surface area (Å²) in [7, 11) is 0. The maximum absolute atomic E-state index is 11.8. The van der Waals surface area contributed by atoms with Crippen molar-refractivity contribution in [3.8, 4) is 0 Å². The molecule has 0 aromatic heterocycles. The number of hydrogen-bond acceptors (Lipinski definition) is 4. The van der Waals surface area contributed by atoms with E-state index in [0.717, 1.165) is 11.1 Å². The molecule has 0 saturated carbocycles. The summed E-state index contributed by atoms with van der Waals surface area (Å²) in [5.74, 6) is -4.72. The molecule has 0 fully saturated rings. The second-order valence-electron chi connectivity index (χ2n) is 4.58. The van der Waals surface area contributed by atoms with Crippen molar-refractivity contribution in [3.63, 3.8) is 0 Å². The molecule has 0 radical (unpaired) electrons. The molecule has 1 aromatic rings. The van der Waals surface area contributed by atoms with Crippen LogP contribution < -0.4 is 0 Å². The molecule has 2 rings (SSSR count). The number of rotatable bonds is 0. The predicted molar refractivity (Wildman–Crippen MR) is 61.2 cm³/mol. The van der Waals surface area contributed by atoms with Crippen LogP contribution in [0.15, 0.2) is 0 Å². The molecular formula is C13H14O4. The quantitative estimate of drug-likeness (QED) is 0.518. The summed E-state index contributed by atoms with van der Waals surface area (Å²) in [5.41, 5.74) is 3.40. The zero-order valence-electron chi connectivity index (χ0n) is 10.2. The van der Waals surface area contributed by atoms with Gasteiger partial charge >= 0.3 is 0 Å². The first-order valence-corrected chi connectivity index (χ1v) is 5.36. The summed E-state index contributed by atoms with van der Waals surface area (Å²) in [6.45, 7) is 7.13. The first-order valence-electron chi connectivity index (χ1n) is 5.36. The maximum atomic E-state index is 11.8. The van der Waals surface area contributed by atoms with Crippen LogP contribution in [0.2, 0.25) is 0 Å². The molecule has 0 bridgehead atoms. The van der Waals surface area contributed by atoms with E-state index in [1.807, 2.05) is 13.8 Å². The third-order valence-corrected chi connectivity index (χ3v) is 3.77. The highest BCUT2D eigenvalue weighted by Gasteiger charge is 2.52. The molecule has 4 nitrogen and oxygen atoms in total. The van der Waals surface area contributed by atoms with E-state index >= 15 is 0 Å². The number of benzene rings is 1. The molecule has 0 unspecified atom stereocenters. The number of hydrogen-bond donors (Lipinski definition) is 2. The highest BCUT2D eigenvalue weighted by Crippen LogP contribution is 2.36. The average molecular weight is 234 g/mol. The molecule has 0 aliphatic heterocycles. The van der Waals surface area contributed by atoms with Gasteiger partial charge in [0.1, 0.15) is 0 Å². The van der Waals surface area contributed by atoms with Gasteiger partial charge in [0.05, 0.1) is 0 Å². The van der Waals surface area contributed by atoms with Gasteiger partial charge in [-0.05, 0) is 49.9 Å². The second kappa shape index (κ2) is 3.24. The van der Waals surface area contributed by atoms with Crippen LogP contribution in [0.5, 0.6) is 0 Å². The lowest BCUT2D eigenvalue weighted by Gasteiger charge is -2.13. The molecule has 0 amide bonds. The van der Waals surface area contributed by atoms with Crippen LogP contribution in [0.4, 0.5) is 0 Å². The van der Waals surface area contributed by atoms with Crippen molar-refractivity contribution in [3.05, 3.63) is 33.4 Å². The van der Waals surface area contributed by atoms with Crippen molar-refractivity contribution in [2.45, 2.75) is 33.5 Å². The van der Waals surface area contributed by atoms with Crippen LogP contribution in [-0.4, -0.2) is 27.6 Å². The summed E-state index contributed by atoms with van der Waals surface area (Å²) < 4.78 is 0. The molecule has 1 aromatic carbocycles. The minimum absolute atomic E-state index is 0.153. The van der Waals surface area contributed by atoms with E-state index in [2.05, 4.69) is 0 Å². The van der Waals surface area contributed by atoms with Crippen LogP contribution in [0, 0.1) is 27.7 Å². The standard InChI is InChI=1S/C13H14O4/c1-5-6(2)8(4)10-9(7(5)3)11(14)13(16,17)12(10)15/h16-17H,1-4H3. The Kier molecular flexibility index (Phi) is 2.28. The van der Waals surface area contributed by atoms with Gasteiger partial charge in [-0.1, -0.05) is 0 Å². The Morgan fingerprint density at radius 3 is 1.29 bits per heavy atom. The molecule has 90 valence electrons. The van der Waals surface area contributed by atoms with Gasteiger partial charge in [0.25, 0.3) is 5.79 Å². The zero-order chi connectivity index (χ0) is 13.1. The zero-order valence-corrected chi connectivity index (χ0v) is 10.2. The fourth-order valence-corrected chi connectivity index (χ4v) is 2.33. The van der Waals surface area contributed by atoms with Gasteiger partial charge in [-0.3, -0.25) is 9.59 Å². The smallest absolute Gasteiger partial charge is 0.295 e. The fraction of sp³-hybridized carbons (Fsp3) is 0.385. The molecule has 17 heavy (non-hydrogen) atoms. The number of aliphatic hydroxyl groups is 2. The summed E-state index contributed by atoms with van der Waals surface area (Å²) >= 11 is 0.